The van der Waals surface area contributed by atoms with E-state index in [1.165, 1.54) is 36.5 Å². The Balaban J connectivity index is 1.81. The smallest absolute Gasteiger partial charge is 0.311 e. The summed E-state index contributed by atoms with van der Waals surface area (Å²) >= 11 is 1.74. The summed E-state index contributed by atoms with van der Waals surface area (Å²) in [6.45, 7) is 1.83. The number of nitro benzene ring substituents is 1. The Morgan fingerprint density at radius 2 is 2.08 bits per heavy atom. The molecule has 0 saturated heterocycles. The molecule has 0 atom stereocenters. The van der Waals surface area contributed by atoms with E-state index in [0.717, 1.165) is 40.1 Å². The molecular formula is C18H18N4O3S. The summed E-state index contributed by atoms with van der Waals surface area (Å²) in [4.78, 5) is 22.0. The maximum atomic E-state index is 11.2. The van der Waals surface area contributed by atoms with Crippen LogP contribution in [0.4, 0.5) is 17.2 Å². The second kappa shape index (κ2) is 6.53. The van der Waals surface area contributed by atoms with Crippen molar-refractivity contribution in [2.75, 3.05) is 12.4 Å². The monoisotopic (exact) mass is 370 g/mol. The van der Waals surface area contributed by atoms with Gasteiger partial charge in [-0.3, -0.25) is 10.1 Å². The van der Waals surface area contributed by atoms with Crippen molar-refractivity contribution in [3.05, 3.63) is 44.6 Å². The molecule has 0 bridgehead atoms. The number of benzene rings is 1. The normalized spacial score (nSPS) is 13.5. The average molecular weight is 370 g/mol. The van der Waals surface area contributed by atoms with Gasteiger partial charge in [0, 0.05) is 22.7 Å². The number of nitrogens with zero attached hydrogens (tertiary/aromatic N) is 3. The predicted molar refractivity (Wildman–Crippen MR) is 102 cm³/mol. The van der Waals surface area contributed by atoms with E-state index in [1.807, 2.05) is 6.92 Å². The van der Waals surface area contributed by atoms with Gasteiger partial charge in [-0.05, 0) is 43.7 Å². The molecule has 2 heterocycles. The molecule has 1 N–H and O–H groups in total. The van der Waals surface area contributed by atoms with E-state index in [9.17, 15) is 10.1 Å². The van der Waals surface area contributed by atoms with Gasteiger partial charge in [-0.15, -0.1) is 11.3 Å². The molecule has 8 heteroatoms. The summed E-state index contributed by atoms with van der Waals surface area (Å²) in [5.41, 5.74) is 2.79. The molecule has 0 fully saturated rings. The van der Waals surface area contributed by atoms with Gasteiger partial charge in [0.05, 0.1) is 17.4 Å². The van der Waals surface area contributed by atoms with Gasteiger partial charge >= 0.3 is 5.69 Å². The van der Waals surface area contributed by atoms with E-state index < -0.39 is 4.92 Å². The lowest BCUT2D eigenvalue weighted by atomic mass is 9.97. The summed E-state index contributed by atoms with van der Waals surface area (Å²) in [6.07, 6.45) is 6.09. The number of ether oxygens (including phenoxy) is 1. The molecule has 0 unspecified atom stereocenters. The van der Waals surface area contributed by atoms with Crippen molar-refractivity contribution in [3.8, 4) is 5.75 Å². The number of rotatable bonds is 4. The van der Waals surface area contributed by atoms with Crippen LogP contribution < -0.4 is 10.1 Å². The highest BCUT2D eigenvalue weighted by Gasteiger charge is 2.22. The number of hydrogen-bond donors (Lipinski definition) is 1. The highest BCUT2D eigenvalue weighted by molar-refractivity contribution is 7.19. The Kier molecular flexibility index (Phi) is 4.20. The Morgan fingerprint density at radius 3 is 2.85 bits per heavy atom. The first-order chi connectivity index (χ1) is 12.6. The predicted octanol–water partition coefficient (Wildman–Crippen LogP) is 4.54. The number of aromatic nitrogens is 2. The molecule has 0 amide bonds. The first kappa shape index (κ1) is 16.7. The van der Waals surface area contributed by atoms with Gasteiger partial charge < -0.3 is 10.1 Å². The van der Waals surface area contributed by atoms with Crippen LogP contribution in [-0.2, 0) is 12.8 Å². The van der Waals surface area contributed by atoms with Crippen LogP contribution in [-0.4, -0.2) is 22.0 Å². The molecule has 0 aliphatic heterocycles. The van der Waals surface area contributed by atoms with E-state index in [2.05, 4.69) is 15.3 Å². The van der Waals surface area contributed by atoms with Crippen molar-refractivity contribution in [1.29, 1.82) is 0 Å². The molecule has 1 aliphatic rings. The van der Waals surface area contributed by atoms with Crippen LogP contribution in [0.2, 0.25) is 0 Å². The fourth-order valence-electron chi connectivity index (χ4n) is 3.43. The zero-order valence-electron chi connectivity index (χ0n) is 14.5. The molecule has 1 aromatic carbocycles. The molecule has 7 nitrogen and oxygen atoms in total. The minimum absolute atomic E-state index is 0.0451. The minimum atomic E-state index is -0.437. The lowest BCUT2D eigenvalue weighted by Gasteiger charge is -2.14. The van der Waals surface area contributed by atoms with E-state index in [-0.39, 0.29) is 11.4 Å². The summed E-state index contributed by atoms with van der Waals surface area (Å²) in [5, 5.41) is 15.6. The average Bonchev–Trinajstić information content (AvgIpc) is 3.02. The van der Waals surface area contributed by atoms with Crippen LogP contribution in [0.5, 0.6) is 5.75 Å². The molecule has 0 saturated carbocycles. The fraction of sp³-hybridized carbons (Fsp3) is 0.333. The molecule has 26 heavy (non-hydrogen) atoms. The number of nitro groups is 1. The second-order valence-corrected chi connectivity index (χ2v) is 7.42. The van der Waals surface area contributed by atoms with E-state index in [0.29, 0.717) is 0 Å². The maximum absolute atomic E-state index is 11.2. The molecule has 2 aromatic heterocycles. The minimum Gasteiger partial charge on any atom is -0.490 e. The quantitative estimate of drug-likeness (QED) is 0.536. The lowest BCUT2D eigenvalue weighted by molar-refractivity contribution is -0.385. The van der Waals surface area contributed by atoms with Gasteiger partial charge in [0.1, 0.15) is 17.0 Å². The molecule has 3 aromatic rings. The Labute approximate surface area is 154 Å². The molecule has 1 aliphatic carbocycles. The zero-order chi connectivity index (χ0) is 18.3. The van der Waals surface area contributed by atoms with Crippen LogP contribution >= 0.6 is 11.3 Å². The van der Waals surface area contributed by atoms with Crippen molar-refractivity contribution in [2.45, 2.75) is 32.6 Å². The van der Waals surface area contributed by atoms with Gasteiger partial charge in [0.15, 0.2) is 5.75 Å². The van der Waals surface area contributed by atoms with E-state index in [1.54, 1.807) is 23.7 Å². The number of anilines is 2. The SMILES string of the molecule is COc1cc(Nc2ncnc3sc4c(c23)CCCC4)c(C)cc1[N+](=O)[O-]. The first-order valence-corrected chi connectivity index (χ1v) is 9.25. The third kappa shape index (κ3) is 2.76. The number of aryl methyl sites for hydroxylation is 3. The summed E-state index contributed by atoms with van der Waals surface area (Å²) < 4.78 is 5.19. The number of nitrogens with one attached hydrogen (secondary N) is 1. The summed E-state index contributed by atoms with van der Waals surface area (Å²) in [5.74, 6) is 0.967. The van der Waals surface area contributed by atoms with Crippen molar-refractivity contribution in [1.82, 2.24) is 9.97 Å². The third-order valence-electron chi connectivity index (χ3n) is 4.73. The van der Waals surface area contributed by atoms with Crippen LogP contribution in [0, 0.1) is 17.0 Å². The summed E-state index contributed by atoms with van der Waals surface area (Å²) in [7, 11) is 1.43. The first-order valence-electron chi connectivity index (χ1n) is 8.43. The zero-order valence-corrected chi connectivity index (χ0v) is 15.4. The van der Waals surface area contributed by atoms with Gasteiger partial charge in [-0.25, -0.2) is 9.97 Å². The summed E-state index contributed by atoms with van der Waals surface area (Å²) in [6, 6.07) is 3.17. The van der Waals surface area contributed by atoms with E-state index in [4.69, 9.17) is 4.74 Å². The van der Waals surface area contributed by atoms with Crippen molar-refractivity contribution < 1.29 is 9.66 Å². The van der Waals surface area contributed by atoms with E-state index >= 15 is 0 Å². The number of methoxy groups -OCH3 is 1. The maximum Gasteiger partial charge on any atom is 0.311 e. The molecule has 0 radical (unpaired) electrons. The fourth-order valence-corrected chi connectivity index (χ4v) is 4.66. The second-order valence-electron chi connectivity index (χ2n) is 6.33. The number of thiophene rings is 1. The Hall–Kier alpha value is -2.74. The van der Waals surface area contributed by atoms with Crippen LogP contribution in [0.25, 0.3) is 10.2 Å². The molecule has 0 spiro atoms. The van der Waals surface area contributed by atoms with Gasteiger partial charge in [-0.1, -0.05) is 0 Å². The highest BCUT2D eigenvalue weighted by atomic mass is 32.1. The van der Waals surface area contributed by atoms with Gasteiger partial charge in [0.25, 0.3) is 0 Å². The standard InChI is InChI=1S/C18H18N4O3S/c1-10-7-13(22(23)24)14(25-2)8-12(10)21-17-16-11-5-3-4-6-15(11)26-18(16)20-9-19-17/h7-9H,3-6H2,1-2H3,(H,19,20,21). The van der Waals surface area contributed by atoms with Crippen LogP contribution in [0.15, 0.2) is 18.5 Å². The Bertz CT molecular complexity index is 1020. The molecule has 4 rings (SSSR count). The van der Waals surface area contributed by atoms with Crippen molar-refractivity contribution >= 4 is 38.7 Å². The van der Waals surface area contributed by atoms with Crippen LogP contribution in [0.3, 0.4) is 0 Å². The largest absolute Gasteiger partial charge is 0.490 e. The van der Waals surface area contributed by atoms with Gasteiger partial charge in [0.2, 0.25) is 0 Å². The lowest BCUT2D eigenvalue weighted by Crippen LogP contribution is -2.02. The molecule has 134 valence electrons. The molecular weight excluding hydrogens is 352 g/mol. The number of hydrogen-bond acceptors (Lipinski definition) is 7. The number of fused-ring (bicyclic) bond motifs is 3. The van der Waals surface area contributed by atoms with Crippen molar-refractivity contribution in [3.63, 3.8) is 0 Å². The van der Waals surface area contributed by atoms with Gasteiger partial charge in [-0.2, -0.15) is 0 Å². The topological polar surface area (TPSA) is 90.2 Å². The third-order valence-corrected chi connectivity index (χ3v) is 5.93. The Morgan fingerprint density at radius 1 is 1.27 bits per heavy atom. The van der Waals surface area contributed by atoms with Crippen LogP contribution in [0.1, 0.15) is 28.8 Å². The van der Waals surface area contributed by atoms with Crippen molar-refractivity contribution in [2.24, 2.45) is 0 Å². The highest BCUT2D eigenvalue weighted by Crippen LogP contribution is 2.40.